The highest BCUT2D eigenvalue weighted by Gasteiger charge is 2.12. The Morgan fingerprint density at radius 3 is 2.52 bits per heavy atom. The van der Waals surface area contributed by atoms with E-state index in [4.69, 9.17) is 5.26 Å². The Labute approximate surface area is 136 Å². The van der Waals surface area contributed by atoms with E-state index >= 15 is 0 Å². The van der Waals surface area contributed by atoms with Gasteiger partial charge in [0.2, 0.25) is 5.91 Å². The molecule has 2 rings (SSSR count). The van der Waals surface area contributed by atoms with Crippen LogP contribution in [0.5, 0.6) is 0 Å². The number of hydrogen-bond acceptors (Lipinski definition) is 4. The SMILES string of the molecule is CC(=O)Nc1ccsc1/C=C(\C#N)C(=O)Nc1ccc(F)cc1. The number of carbonyl (C=O) groups is 2. The lowest BCUT2D eigenvalue weighted by Crippen LogP contribution is -2.13. The first-order valence-corrected chi connectivity index (χ1v) is 7.41. The molecule has 0 bridgehead atoms. The minimum atomic E-state index is -0.610. The van der Waals surface area contributed by atoms with E-state index in [0.29, 0.717) is 16.3 Å². The van der Waals surface area contributed by atoms with Gasteiger partial charge < -0.3 is 10.6 Å². The molecule has 2 N–H and O–H groups in total. The van der Waals surface area contributed by atoms with E-state index in [1.807, 2.05) is 6.07 Å². The molecule has 0 aliphatic rings. The van der Waals surface area contributed by atoms with Gasteiger partial charge in [-0.2, -0.15) is 5.26 Å². The molecule has 2 aromatic rings. The van der Waals surface area contributed by atoms with Crippen molar-refractivity contribution in [3.8, 4) is 6.07 Å². The molecule has 0 radical (unpaired) electrons. The largest absolute Gasteiger partial charge is 0.325 e. The number of nitrogens with zero attached hydrogens (tertiary/aromatic N) is 1. The molecule has 0 aliphatic heterocycles. The first kappa shape index (κ1) is 16.4. The summed E-state index contributed by atoms with van der Waals surface area (Å²) < 4.78 is 12.8. The van der Waals surface area contributed by atoms with Gasteiger partial charge in [-0.05, 0) is 41.8 Å². The molecular formula is C16H12FN3O2S. The van der Waals surface area contributed by atoms with Crippen LogP contribution in [0.2, 0.25) is 0 Å². The summed E-state index contributed by atoms with van der Waals surface area (Å²) in [5.41, 5.74) is 0.791. The lowest BCUT2D eigenvalue weighted by Gasteiger charge is -2.04. The van der Waals surface area contributed by atoms with Crippen LogP contribution in [0.15, 0.2) is 41.3 Å². The number of thiophene rings is 1. The van der Waals surface area contributed by atoms with Crippen LogP contribution in [0.4, 0.5) is 15.8 Å². The highest BCUT2D eigenvalue weighted by atomic mass is 32.1. The average molecular weight is 329 g/mol. The van der Waals surface area contributed by atoms with E-state index in [2.05, 4.69) is 10.6 Å². The summed E-state index contributed by atoms with van der Waals surface area (Å²) >= 11 is 1.29. The van der Waals surface area contributed by atoms with Crippen molar-refractivity contribution >= 4 is 40.6 Å². The van der Waals surface area contributed by atoms with Crippen molar-refractivity contribution in [2.45, 2.75) is 6.92 Å². The molecule has 0 saturated heterocycles. The second-order valence-corrected chi connectivity index (χ2v) is 5.46. The second kappa shape index (κ2) is 7.33. The summed E-state index contributed by atoms with van der Waals surface area (Å²) in [6.07, 6.45) is 1.40. The van der Waals surface area contributed by atoms with E-state index in [9.17, 15) is 14.0 Å². The van der Waals surface area contributed by atoms with Crippen LogP contribution in [-0.4, -0.2) is 11.8 Å². The van der Waals surface area contributed by atoms with Crippen molar-refractivity contribution in [2.24, 2.45) is 0 Å². The van der Waals surface area contributed by atoms with Gasteiger partial charge in [-0.15, -0.1) is 11.3 Å². The molecule has 23 heavy (non-hydrogen) atoms. The Morgan fingerprint density at radius 2 is 1.91 bits per heavy atom. The van der Waals surface area contributed by atoms with Gasteiger partial charge in [0.15, 0.2) is 0 Å². The van der Waals surface area contributed by atoms with Crippen molar-refractivity contribution in [2.75, 3.05) is 10.6 Å². The molecule has 7 heteroatoms. The normalized spacial score (nSPS) is 10.7. The molecule has 116 valence electrons. The van der Waals surface area contributed by atoms with Crippen molar-refractivity contribution in [1.29, 1.82) is 5.26 Å². The summed E-state index contributed by atoms with van der Waals surface area (Å²) in [5.74, 6) is -1.27. The molecule has 1 aromatic heterocycles. The molecule has 0 aliphatic carbocycles. The third kappa shape index (κ3) is 4.49. The molecule has 2 amide bonds. The highest BCUT2D eigenvalue weighted by Crippen LogP contribution is 2.25. The Morgan fingerprint density at radius 1 is 1.22 bits per heavy atom. The number of hydrogen-bond donors (Lipinski definition) is 2. The predicted molar refractivity (Wildman–Crippen MR) is 87.2 cm³/mol. The average Bonchev–Trinajstić information content (AvgIpc) is 2.93. The maximum absolute atomic E-state index is 12.8. The third-order valence-electron chi connectivity index (χ3n) is 2.75. The number of nitriles is 1. The van der Waals surface area contributed by atoms with Crippen LogP contribution in [0.1, 0.15) is 11.8 Å². The van der Waals surface area contributed by atoms with Gasteiger partial charge in [0.05, 0.1) is 10.6 Å². The molecule has 0 fully saturated rings. The fourth-order valence-corrected chi connectivity index (χ4v) is 2.52. The van der Waals surface area contributed by atoms with E-state index in [1.165, 1.54) is 48.6 Å². The van der Waals surface area contributed by atoms with Crippen LogP contribution < -0.4 is 10.6 Å². The van der Waals surface area contributed by atoms with Gasteiger partial charge in [0, 0.05) is 12.6 Å². The summed E-state index contributed by atoms with van der Waals surface area (Å²) in [7, 11) is 0. The highest BCUT2D eigenvalue weighted by molar-refractivity contribution is 7.11. The monoisotopic (exact) mass is 329 g/mol. The summed E-state index contributed by atoms with van der Waals surface area (Å²) in [6, 6.07) is 8.72. The molecule has 0 saturated carbocycles. The van der Waals surface area contributed by atoms with Crippen LogP contribution in [-0.2, 0) is 9.59 Å². The number of halogens is 1. The van der Waals surface area contributed by atoms with Gasteiger partial charge in [0.1, 0.15) is 17.5 Å². The number of anilines is 2. The minimum absolute atomic E-state index is 0.122. The van der Waals surface area contributed by atoms with E-state index in [1.54, 1.807) is 11.4 Å². The fraction of sp³-hybridized carbons (Fsp3) is 0.0625. The van der Waals surface area contributed by atoms with Crippen molar-refractivity contribution in [3.05, 3.63) is 52.0 Å². The quantitative estimate of drug-likeness (QED) is 0.666. The van der Waals surface area contributed by atoms with E-state index in [0.717, 1.165) is 0 Å². The van der Waals surface area contributed by atoms with Crippen molar-refractivity contribution in [1.82, 2.24) is 0 Å². The van der Waals surface area contributed by atoms with Crippen LogP contribution in [0.3, 0.4) is 0 Å². The molecule has 1 aromatic carbocycles. The molecule has 0 unspecified atom stereocenters. The summed E-state index contributed by atoms with van der Waals surface area (Å²) in [4.78, 5) is 23.8. The van der Waals surface area contributed by atoms with E-state index in [-0.39, 0.29) is 11.5 Å². The van der Waals surface area contributed by atoms with Crippen molar-refractivity contribution < 1.29 is 14.0 Å². The molecular weight excluding hydrogens is 317 g/mol. The van der Waals surface area contributed by atoms with Crippen LogP contribution >= 0.6 is 11.3 Å². The zero-order valence-corrected chi connectivity index (χ0v) is 12.9. The summed E-state index contributed by atoms with van der Waals surface area (Å²) in [6.45, 7) is 1.37. The Bertz CT molecular complexity index is 803. The fourth-order valence-electron chi connectivity index (χ4n) is 1.74. The standard InChI is InChI=1S/C16H12FN3O2S/c1-10(21)19-14-6-7-23-15(14)8-11(9-18)16(22)20-13-4-2-12(17)3-5-13/h2-8H,1H3,(H,19,21)(H,20,22)/b11-8+. The Balaban J connectivity index is 2.20. The molecule has 1 heterocycles. The Kier molecular flexibility index (Phi) is 5.23. The van der Waals surface area contributed by atoms with Gasteiger partial charge >= 0.3 is 0 Å². The first-order chi connectivity index (χ1) is 11.0. The first-order valence-electron chi connectivity index (χ1n) is 6.53. The molecule has 5 nitrogen and oxygen atoms in total. The smallest absolute Gasteiger partial charge is 0.266 e. The minimum Gasteiger partial charge on any atom is -0.325 e. The van der Waals surface area contributed by atoms with Crippen LogP contribution in [0, 0.1) is 17.1 Å². The lowest BCUT2D eigenvalue weighted by atomic mass is 10.2. The van der Waals surface area contributed by atoms with Gasteiger partial charge in [-0.3, -0.25) is 9.59 Å². The number of carbonyl (C=O) groups excluding carboxylic acids is 2. The number of rotatable bonds is 4. The van der Waals surface area contributed by atoms with Crippen molar-refractivity contribution in [3.63, 3.8) is 0 Å². The van der Waals surface area contributed by atoms with E-state index < -0.39 is 11.7 Å². The maximum Gasteiger partial charge on any atom is 0.266 e. The zero-order valence-electron chi connectivity index (χ0n) is 12.1. The van der Waals surface area contributed by atoms with Gasteiger partial charge in [0.25, 0.3) is 5.91 Å². The zero-order chi connectivity index (χ0) is 16.8. The number of amides is 2. The van der Waals surface area contributed by atoms with Gasteiger partial charge in [-0.25, -0.2) is 4.39 Å². The Hall–Kier alpha value is -2.98. The maximum atomic E-state index is 12.8. The predicted octanol–water partition coefficient (Wildman–Crippen LogP) is 3.39. The topological polar surface area (TPSA) is 82.0 Å². The third-order valence-corrected chi connectivity index (χ3v) is 3.61. The molecule has 0 spiro atoms. The second-order valence-electron chi connectivity index (χ2n) is 4.51. The van der Waals surface area contributed by atoms with Gasteiger partial charge in [-0.1, -0.05) is 0 Å². The number of benzene rings is 1. The lowest BCUT2D eigenvalue weighted by molar-refractivity contribution is -0.114. The number of nitrogens with one attached hydrogen (secondary N) is 2. The van der Waals surface area contributed by atoms with Crippen LogP contribution in [0.25, 0.3) is 6.08 Å². The summed E-state index contributed by atoms with van der Waals surface area (Å²) in [5, 5.41) is 16.0. The molecule has 0 atom stereocenters.